The van der Waals surface area contributed by atoms with E-state index in [0.29, 0.717) is 11.5 Å². The SMILES string of the molecule is COC(=O)c1nc(C)cc(N(CC(=O)O)C(C)(C)C)n1. The van der Waals surface area contributed by atoms with Gasteiger partial charge >= 0.3 is 11.9 Å². The minimum absolute atomic E-state index is 0.0814. The highest BCUT2D eigenvalue weighted by atomic mass is 16.5. The molecule has 1 N–H and O–H groups in total. The van der Waals surface area contributed by atoms with Gasteiger partial charge in [-0.2, -0.15) is 0 Å². The fraction of sp³-hybridized carbons (Fsp3) is 0.538. The number of nitrogens with zero attached hydrogens (tertiary/aromatic N) is 3. The van der Waals surface area contributed by atoms with Crippen LogP contribution < -0.4 is 4.90 Å². The third-order valence-electron chi connectivity index (χ3n) is 2.59. The molecule has 20 heavy (non-hydrogen) atoms. The standard InChI is InChI=1S/C13H19N3O4/c1-8-6-9(15-11(14-8)12(19)20-5)16(7-10(17)18)13(2,3)4/h6H,7H2,1-5H3,(H,17,18). The smallest absolute Gasteiger partial charge is 0.376 e. The Morgan fingerprint density at radius 3 is 2.40 bits per heavy atom. The number of carboxylic acids is 1. The van der Waals surface area contributed by atoms with E-state index in [2.05, 4.69) is 14.7 Å². The number of aromatic nitrogens is 2. The summed E-state index contributed by atoms with van der Waals surface area (Å²) >= 11 is 0. The lowest BCUT2D eigenvalue weighted by molar-refractivity contribution is -0.135. The van der Waals surface area contributed by atoms with Crippen LogP contribution in [-0.4, -0.2) is 46.2 Å². The molecule has 7 heteroatoms. The van der Waals surface area contributed by atoms with Crippen molar-refractivity contribution < 1.29 is 19.4 Å². The summed E-state index contributed by atoms with van der Waals surface area (Å²) in [5.74, 6) is -1.33. The molecule has 1 aromatic rings. The van der Waals surface area contributed by atoms with Crippen LogP contribution in [-0.2, 0) is 9.53 Å². The number of anilines is 1. The van der Waals surface area contributed by atoms with Crippen molar-refractivity contribution in [3.05, 3.63) is 17.6 Å². The summed E-state index contributed by atoms with van der Waals surface area (Å²) < 4.78 is 4.59. The van der Waals surface area contributed by atoms with Gasteiger partial charge in [-0.15, -0.1) is 0 Å². The highest BCUT2D eigenvalue weighted by Gasteiger charge is 2.26. The number of aryl methyl sites for hydroxylation is 1. The largest absolute Gasteiger partial charge is 0.480 e. The lowest BCUT2D eigenvalue weighted by atomic mass is 10.1. The molecule has 0 atom stereocenters. The summed E-state index contributed by atoms with van der Waals surface area (Å²) in [6.45, 7) is 7.08. The number of carbonyl (C=O) groups excluding carboxylic acids is 1. The summed E-state index contributed by atoms with van der Waals surface area (Å²) in [6.07, 6.45) is 0. The quantitative estimate of drug-likeness (QED) is 0.830. The third-order valence-corrected chi connectivity index (χ3v) is 2.59. The van der Waals surface area contributed by atoms with Crippen molar-refractivity contribution in [2.45, 2.75) is 33.2 Å². The van der Waals surface area contributed by atoms with Crippen molar-refractivity contribution in [1.82, 2.24) is 9.97 Å². The summed E-state index contributed by atoms with van der Waals surface area (Å²) in [4.78, 5) is 32.2. The van der Waals surface area contributed by atoms with E-state index in [1.54, 1.807) is 17.9 Å². The van der Waals surface area contributed by atoms with Crippen LogP contribution in [0.2, 0.25) is 0 Å². The Bertz CT molecular complexity index is 523. The molecule has 7 nitrogen and oxygen atoms in total. The minimum atomic E-state index is -0.976. The summed E-state index contributed by atoms with van der Waals surface area (Å²) in [7, 11) is 1.24. The van der Waals surface area contributed by atoms with Crippen molar-refractivity contribution in [1.29, 1.82) is 0 Å². The average molecular weight is 281 g/mol. The fourth-order valence-corrected chi connectivity index (χ4v) is 1.67. The lowest BCUT2D eigenvalue weighted by Gasteiger charge is -2.35. The van der Waals surface area contributed by atoms with Gasteiger partial charge in [-0.1, -0.05) is 0 Å². The molecule has 0 aliphatic rings. The van der Waals surface area contributed by atoms with E-state index >= 15 is 0 Å². The maximum atomic E-state index is 11.5. The predicted molar refractivity (Wildman–Crippen MR) is 72.8 cm³/mol. The second-order valence-electron chi connectivity index (χ2n) is 5.33. The number of ether oxygens (including phenoxy) is 1. The van der Waals surface area contributed by atoms with Crippen molar-refractivity contribution in [3.63, 3.8) is 0 Å². The van der Waals surface area contributed by atoms with E-state index in [-0.39, 0.29) is 12.4 Å². The number of hydrogen-bond donors (Lipinski definition) is 1. The van der Waals surface area contributed by atoms with Crippen molar-refractivity contribution >= 4 is 17.8 Å². The van der Waals surface area contributed by atoms with E-state index in [0.717, 1.165) is 0 Å². The van der Waals surface area contributed by atoms with E-state index in [1.165, 1.54) is 7.11 Å². The number of esters is 1. The van der Waals surface area contributed by atoms with Crippen molar-refractivity contribution in [3.8, 4) is 0 Å². The second-order valence-corrected chi connectivity index (χ2v) is 5.33. The Kier molecular flexibility index (Phi) is 4.65. The third kappa shape index (κ3) is 3.91. The minimum Gasteiger partial charge on any atom is -0.480 e. The zero-order valence-corrected chi connectivity index (χ0v) is 12.3. The Balaban J connectivity index is 3.29. The summed E-state index contributed by atoms with van der Waals surface area (Å²) in [5, 5.41) is 9.03. The van der Waals surface area contributed by atoms with Gasteiger partial charge in [0.25, 0.3) is 0 Å². The van der Waals surface area contributed by atoms with Gasteiger partial charge in [-0.3, -0.25) is 4.79 Å². The molecule has 0 radical (unpaired) electrons. The highest BCUT2D eigenvalue weighted by Crippen LogP contribution is 2.22. The van der Waals surface area contributed by atoms with Gasteiger partial charge < -0.3 is 14.7 Å². The van der Waals surface area contributed by atoms with Gasteiger partial charge in [0.1, 0.15) is 12.4 Å². The Morgan fingerprint density at radius 2 is 1.95 bits per heavy atom. The molecule has 1 aromatic heterocycles. The summed E-state index contributed by atoms with van der Waals surface area (Å²) in [5.41, 5.74) is 0.0991. The molecule has 0 aliphatic heterocycles. The van der Waals surface area contributed by atoms with E-state index in [1.807, 2.05) is 20.8 Å². The molecule has 0 aliphatic carbocycles. The van der Waals surface area contributed by atoms with Crippen LogP contribution in [0.1, 0.15) is 37.1 Å². The normalized spacial score (nSPS) is 11.1. The number of aliphatic carboxylic acids is 1. The topological polar surface area (TPSA) is 92.6 Å². The number of hydrogen-bond acceptors (Lipinski definition) is 6. The molecule has 110 valence electrons. The second kappa shape index (κ2) is 5.85. The first-order chi connectivity index (χ1) is 9.15. The molecule has 0 saturated carbocycles. The fourth-order valence-electron chi connectivity index (χ4n) is 1.67. The molecular formula is C13H19N3O4. The van der Waals surface area contributed by atoms with Gasteiger partial charge in [-0.25, -0.2) is 14.8 Å². The highest BCUT2D eigenvalue weighted by molar-refractivity contribution is 5.85. The first-order valence-corrected chi connectivity index (χ1v) is 6.08. The van der Waals surface area contributed by atoms with Crippen molar-refractivity contribution in [2.75, 3.05) is 18.6 Å². The number of carbonyl (C=O) groups is 2. The van der Waals surface area contributed by atoms with Gasteiger partial charge in [0.05, 0.1) is 7.11 Å². The molecule has 0 spiro atoms. The van der Waals surface area contributed by atoms with Crippen LogP contribution in [0, 0.1) is 6.92 Å². The van der Waals surface area contributed by atoms with Crippen LogP contribution in [0.4, 0.5) is 5.82 Å². The molecule has 0 bridgehead atoms. The van der Waals surface area contributed by atoms with Gasteiger partial charge in [-0.05, 0) is 27.7 Å². The van der Waals surface area contributed by atoms with Crippen LogP contribution in [0.15, 0.2) is 6.07 Å². The Morgan fingerprint density at radius 1 is 1.35 bits per heavy atom. The molecule has 0 fully saturated rings. The van der Waals surface area contributed by atoms with Crippen LogP contribution >= 0.6 is 0 Å². The average Bonchev–Trinajstić information content (AvgIpc) is 2.32. The molecular weight excluding hydrogens is 262 g/mol. The van der Waals surface area contributed by atoms with Gasteiger partial charge in [0, 0.05) is 17.3 Å². The zero-order valence-electron chi connectivity index (χ0n) is 12.3. The Hall–Kier alpha value is -2.18. The van der Waals surface area contributed by atoms with Crippen molar-refractivity contribution in [2.24, 2.45) is 0 Å². The van der Waals surface area contributed by atoms with Gasteiger partial charge in [0.15, 0.2) is 0 Å². The Labute approximate surface area is 117 Å². The first-order valence-electron chi connectivity index (χ1n) is 6.08. The molecule has 0 amide bonds. The predicted octanol–water partition coefficient (Wildman–Crippen LogP) is 1.26. The number of carboxylic acid groups (broad SMARTS) is 1. The number of rotatable bonds is 4. The molecule has 0 unspecified atom stereocenters. The van der Waals surface area contributed by atoms with E-state index in [4.69, 9.17) is 5.11 Å². The molecule has 1 heterocycles. The number of methoxy groups -OCH3 is 1. The maximum absolute atomic E-state index is 11.5. The molecule has 0 saturated heterocycles. The monoisotopic (exact) mass is 281 g/mol. The van der Waals surface area contributed by atoms with E-state index in [9.17, 15) is 9.59 Å². The van der Waals surface area contributed by atoms with Crippen LogP contribution in [0.3, 0.4) is 0 Å². The van der Waals surface area contributed by atoms with Crippen LogP contribution in [0.25, 0.3) is 0 Å². The van der Waals surface area contributed by atoms with Gasteiger partial charge in [0.2, 0.25) is 5.82 Å². The zero-order chi connectivity index (χ0) is 15.5. The maximum Gasteiger partial charge on any atom is 0.376 e. The molecule has 1 rings (SSSR count). The van der Waals surface area contributed by atoms with Crippen LogP contribution in [0.5, 0.6) is 0 Å². The summed E-state index contributed by atoms with van der Waals surface area (Å²) in [6, 6.07) is 1.64. The lowest BCUT2D eigenvalue weighted by Crippen LogP contribution is -2.45. The first kappa shape index (κ1) is 15.9. The molecule has 0 aromatic carbocycles. The van der Waals surface area contributed by atoms with E-state index < -0.39 is 17.5 Å².